The van der Waals surface area contributed by atoms with Crippen LogP contribution in [-0.2, 0) is 4.79 Å². The highest BCUT2D eigenvalue weighted by Crippen LogP contribution is 2.37. The Morgan fingerprint density at radius 1 is 1.23 bits per heavy atom. The van der Waals surface area contributed by atoms with E-state index in [9.17, 15) is 18.4 Å². The van der Waals surface area contributed by atoms with Crippen molar-refractivity contribution in [3.63, 3.8) is 0 Å². The minimum absolute atomic E-state index is 0.0419. The first-order valence-electron chi connectivity index (χ1n) is 9.64. The van der Waals surface area contributed by atoms with E-state index in [1.165, 1.54) is 31.9 Å². The molecule has 0 aromatic heterocycles. The first kappa shape index (κ1) is 23.3. The molecule has 0 saturated heterocycles. The number of carbonyl (C=O) groups is 2. The van der Waals surface area contributed by atoms with E-state index >= 15 is 0 Å². The Kier molecular flexibility index (Phi) is 7.18. The number of hydrogen-bond acceptors (Lipinski definition) is 3. The van der Waals surface area contributed by atoms with E-state index in [4.69, 9.17) is 4.74 Å². The SMILES string of the molecule is C=CC1=C(/C(C)=C(\C)CCC(C)=O)N(C)C(=O)N(c2c(F)c(C)cc(OC)c2F)C1. The smallest absolute Gasteiger partial charge is 0.329 e. The van der Waals surface area contributed by atoms with E-state index in [2.05, 4.69) is 6.58 Å². The summed E-state index contributed by atoms with van der Waals surface area (Å²) in [6.07, 6.45) is 2.55. The van der Waals surface area contributed by atoms with Gasteiger partial charge in [-0.25, -0.2) is 13.6 Å². The van der Waals surface area contributed by atoms with Gasteiger partial charge >= 0.3 is 6.03 Å². The lowest BCUT2D eigenvalue weighted by molar-refractivity contribution is -0.116. The van der Waals surface area contributed by atoms with Crippen LogP contribution in [0.15, 0.2) is 41.1 Å². The van der Waals surface area contributed by atoms with E-state index in [1.807, 2.05) is 13.8 Å². The van der Waals surface area contributed by atoms with E-state index in [-0.39, 0.29) is 23.6 Å². The summed E-state index contributed by atoms with van der Waals surface area (Å²) in [5.74, 6) is -1.80. The van der Waals surface area contributed by atoms with Crippen LogP contribution in [0.25, 0.3) is 0 Å². The number of allylic oxidation sites excluding steroid dienone is 2. The maximum atomic E-state index is 14.9. The number of aryl methyl sites for hydroxylation is 1. The van der Waals surface area contributed by atoms with Crippen LogP contribution in [-0.4, -0.2) is 37.4 Å². The highest BCUT2D eigenvalue weighted by atomic mass is 19.1. The Hall–Kier alpha value is -2.96. The number of urea groups is 1. The molecule has 0 radical (unpaired) electrons. The Balaban J connectivity index is 2.60. The van der Waals surface area contributed by atoms with Crippen LogP contribution < -0.4 is 9.64 Å². The number of ketones is 1. The molecule has 1 aromatic rings. The Bertz CT molecular complexity index is 964. The van der Waals surface area contributed by atoms with Crippen molar-refractivity contribution < 1.29 is 23.1 Å². The number of likely N-dealkylation sites (N-methyl/N-ethyl adjacent to an activating group) is 1. The van der Waals surface area contributed by atoms with Gasteiger partial charge in [0.25, 0.3) is 0 Å². The molecule has 30 heavy (non-hydrogen) atoms. The number of ether oxygens (including phenoxy) is 1. The van der Waals surface area contributed by atoms with Gasteiger partial charge in [0.05, 0.1) is 19.4 Å². The average molecular weight is 418 g/mol. The van der Waals surface area contributed by atoms with Gasteiger partial charge in [0.1, 0.15) is 11.5 Å². The second-order valence-electron chi connectivity index (χ2n) is 7.49. The van der Waals surface area contributed by atoms with Crippen molar-refractivity contribution in [2.75, 3.05) is 25.6 Å². The van der Waals surface area contributed by atoms with Gasteiger partial charge in [-0.15, -0.1) is 0 Å². The van der Waals surface area contributed by atoms with E-state index < -0.39 is 23.4 Å². The van der Waals surface area contributed by atoms with Crippen molar-refractivity contribution in [3.05, 3.63) is 58.3 Å². The standard InChI is InChI=1S/C23H28F2N2O3/c1-8-17-12-27(22-19(24)14(3)11-18(30-7)20(22)25)23(29)26(6)21(17)16(5)13(2)9-10-15(4)28/h8,11H,1,9-10,12H2,2-7H3/b16-13+. The third-order valence-electron chi connectivity index (χ3n) is 5.40. The quantitative estimate of drug-likeness (QED) is 0.604. The summed E-state index contributed by atoms with van der Waals surface area (Å²) in [6, 6.07) is 0.688. The molecule has 0 saturated carbocycles. The molecular formula is C23H28F2N2O3. The van der Waals surface area contributed by atoms with Crippen LogP contribution in [0.1, 0.15) is 39.2 Å². The number of rotatable bonds is 7. The Morgan fingerprint density at radius 2 is 1.87 bits per heavy atom. The topological polar surface area (TPSA) is 49.9 Å². The zero-order valence-corrected chi connectivity index (χ0v) is 18.4. The summed E-state index contributed by atoms with van der Waals surface area (Å²) >= 11 is 0. The molecule has 0 aliphatic carbocycles. The maximum Gasteiger partial charge on any atom is 0.329 e. The van der Waals surface area contributed by atoms with Crippen molar-refractivity contribution >= 4 is 17.5 Å². The predicted octanol–water partition coefficient (Wildman–Crippen LogP) is 5.30. The number of halogens is 2. The highest BCUT2D eigenvalue weighted by molar-refractivity contribution is 5.96. The lowest BCUT2D eigenvalue weighted by atomic mass is 9.97. The molecule has 0 spiro atoms. The van der Waals surface area contributed by atoms with Crippen molar-refractivity contribution in [1.82, 2.24) is 4.90 Å². The number of carbonyl (C=O) groups excluding carboxylic acids is 2. The fourth-order valence-corrected chi connectivity index (χ4v) is 3.50. The van der Waals surface area contributed by atoms with Gasteiger partial charge in [-0.2, -0.15) is 0 Å². The summed E-state index contributed by atoms with van der Waals surface area (Å²) in [5.41, 5.74) is 2.80. The summed E-state index contributed by atoms with van der Waals surface area (Å²) in [7, 11) is 2.84. The van der Waals surface area contributed by atoms with E-state index in [1.54, 1.807) is 13.1 Å². The highest BCUT2D eigenvalue weighted by Gasteiger charge is 2.35. The number of amides is 2. The van der Waals surface area contributed by atoms with Crippen LogP contribution >= 0.6 is 0 Å². The summed E-state index contributed by atoms with van der Waals surface area (Å²) in [6.45, 7) is 10.6. The number of anilines is 1. The molecule has 1 aliphatic rings. The third-order valence-corrected chi connectivity index (χ3v) is 5.40. The predicted molar refractivity (Wildman–Crippen MR) is 114 cm³/mol. The number of nitrogens with zero attached hydrogens (tertiary/aromatic N) is 2. The van der Waals surface area contributed by atoms with Crippen molar-refractivity contribution in [2.24, 2.45) is 0 Å². The molecule has 162 valence electrons. The molecule has 0 fully saturated rings. The molecule has 0 atom stereocenters. The molecule has 0 unspecified atom stereocenters. The number of hydrogen-bond donors (Lipinski definition) is 0. The molecule has 1 aliphatic heterocycles. The van der Waals surface area contributed by atoms with Gasteiger partial charge in [0, 0.05) is 13.5 Å². The molecule has 1 aromatic carbocycles. The summed E-state index contributed by atoms with van der Waals surface area (Å²) < 4.78 is 34.8. The first-order chi connectivity index (χ1) is 14.0. The molecule has 2 rings (SSSR count). The van der Waals surface area contributed by atoms with Gasteiger partial charge in [0.15, 0.2) is 17.4 Å². The zero-order chi connectivity index (χ0) is 22.7. The van der Waals surface area contributed by atoms with Crippen LogP contribution in [0.4, 0.5) is 19.3 Å². The van der Waals surface area contributed by atoms with Crippen LogP contribution in [0.2, 0.25) is 0 Å². The van der Waals surface area contributed by atoms with E-state index in [0.29, 0.717) is 24.1 Å². The lowest BCUT2D eigenvalue weighted by Gasteiger charge is -2.37. The molecule has 5 nitrogen and oxygen atoms in total. The third kappa shape index (κ3) is 4.30. The van der Waals surface area contributed by atoms with Crippen LogP contribution in [0.5, 0.6) is 5.75 Å². The van der Waals surface area contributed by atoms with Gasteiger partial charge < -0.3 is 9.53 Å². The van der Waals surface area contributed by atoms with Gasteiger partial charge in [-0.3, -0.25) is 9.80 Å². The summed E-state index contributed by atoms with van der Waals surface area (Å²) in [4.78, 5) is 26.9. The summed E-state index contributed by atoms with van der Waals surface area (Å²) in [5, 5.41) is 0. The molecule has 7 heteroatoms. The van der Waals surface area contributed by atoms with E-state index in [0.717, 1.165) is 16.0 Å². The minimum atomic E-state index is -0.931. The van der Waals surface area contributed by atoms with Gasteiger partial charge in [-0.05, 0) is 56.9 Å². The monoisotopic (exact) mass is 418 g/mol. The second kappa shape index (κ2) is 9.24. The Labute approximate surface area is 176 Å². The van der Waals surface area contributed by atoms with Crippen molar-refractivity contribution in [1.29, 1.82) is 0 Å². The zero-order valence-electron chi connectivity index (χ0n) is 18.4. The van der Waals surface area contributed by atoms with Crippen molar-refractivity contribution in [2.45, 2.75) is 40.5 Å². The first-order valence-corrected chi connectivity index (χ1v) is 9.64. The van der Waals surface area contributed by atoms with Gasteiger partial charge in [0.2, 0.25) is 0 Å². The molecule has 2 amide bonds. The number of benzene rings is 1. The normalized spacial score (nSPS) is 15.4. The molecule has 1 heterocycles. The molecular weight excluding hydrogens is 390 g/mol. The number of methoxy groups -OCH3 is 1. The van der Waals surface area contributed by atoms with Gasteiger partial charge in [-0.1, -0.05) is 18.2 Å². The minimum Gasteiger partial charge on any atom is -0.494 e. The maximum absolute atomic E-state index is 14.9. The van der Waals surface area contributed by atoms with Crippen LogP contribution in [0, 0.1) is 18.6 Å². The fraction of sp³-hybridized carbons (Fsp3) is 0.391. The molecule has 0 bridgehead atoms. The molecule has 0 N–H and O–H groups in total. The number of Topliss-reactive ketones (excluding diaryl/α,β-unsaturated/α-hetero) is 1. The van der Waals surface area contributed by atoms with Crippen LogP contribution in [0.3, 0.4) is 0 Å². The van der Waals surface area contributed by atoms with Crippen molar-refractivity contribution in [3.8, 4) is 5.75 Å². The average Bonchev–Trinajstić information content (AvgIpc) is 2.71. The Morgan fingerprint density at radius 3 is 2.40 bits per heavy atom. The fourth-order valence-electron chi connectivity index (χ4n) is 3.50. The second-order valence-corrected chi connectivity index (χ2v) is 7.49. The lowest BCUT2D eigenvalue weighted by Crippen LogP contribution is -2.47. The largest absolute Gasteiger partial charge is 0.494 e.